The first-order valence-electron chi connectivity index (χ1n) is 9.34. The molecule has 0 fully saturated rings. The van der Waals surface area contributed by atoms with Gasteiger partial charge in [0.05, 0.1) is 29.4 Å². The Kier molecular flexibility index (Phi) is 4.92. The monoisotopic (exact) mass is 384 g/mol. The van der Waals surface area contributed by atoms with Crippen molar-refractivity contribution in [3.8, 4) is 17.5 Å². The number of hydrogen-bond donors (Lipinski definition) is 0. The molecule has 3 heterocycles. The Hall–Kier alpha value is -3.79. The minimum atomic E-state index is -0.152. The Morgan fingerprint density at radius 3 is 2.72 bits per heavy atom. The zero-order valence-electron chi connectivity index (χ0n) is 16.3. The van der Waals surface area contributed by atoms with Crippen LogP contribution in [-0.2, 0) is 13.0 Å². The average Bonchev–Trinajstić information content (AvgIpc) is 2.77. The highest BCUT2D eigenvalue weighted by Gasteiger charge is 2.27. The first-order chi connectivity index (χ1) is 14.1. The van der Waals surface area contributed by atoms with Gasteiger partial charge < -0.3 is 9.80 Å². The molecule has 3 aromatic rings. The van der Waals surface area contributed by atoms with Gasteiger partial charge in [0.15, 0.2) is 5.82 Å². The topological polar surface area (TPSA) is 86.0 Å². The van der Waals surface area contributed by atoms with Crippen molar-refractivity contribution >= 4 is 11.7 Å². The lowest BCUT2D eigenvalue weighted by Crippen LogP contribution is -2.37. The molecule has 1 aliphatic heterocycles. The Morgan fingerprint density at radius 2 is 2.00 bits per heavy atom. The van der Waals surface area contributed by atoms with Gasteiger partial charge in [0.2, 0.25) is 0 Å². The number of carbonyl (C=O) groups is 1. The summed E-state index contributed by atoms with van der Waals surface area (Å²) < 4.78 is 0. The molecule has 29 heavy (non-hydrogen) atoms. The molecule has 1 amide bonds. The van der Waals surface area contributed by atoms with Crippen LogP contribution in [0, 0.1) is 11.3 Å². The van der Waals surface area contributed by atoms with Gasteiger partial charge in [0.1, 0.15) is 5.82 Å². The van der Waals surface area contributed by atoms with Crippen molar-refractivity contribution in [1.29, 1.82) is 5.26 Å². The molecular weight excluding hydrogens is 364 g/mol. The van der Waals surface area contributed by atoms with E-state index in [0.29, 0.717) is 36.5 Å². The van der Waals surface area contributed by atoms with Crippen LogP contribution >= 0.6 is 0 Å². The maximum atomic E-state index is 13.1. The van der Waals surface area contributed by atoms with Gasteiger partial charge in [-0.05, 0) is 30.7 Å². The Labute approximate surface area is 169 Å². The third kappa shape index (κ3) is 3.52. The van der Waals surface area contributed by atoms with E-state index in [9.17, 15) is 10.1 Å². The number of anilines is 1. The molecule has 0 aliphatic carbocycles. The van der Waals surface area contributed by atoms with E-state index in [4.69, 9.17) is 9.97 Å². The standard InChI is InChI=1S/C22H20N6O/c1-27(2)21-18-9-11-28(22(29)17-8-4-3-6-15(17)12-23)14-19(18)25-20(26-21)16-7-5-10-24-13-16/h3-8,10,13H,9,11,14H2,1-2H3. The van der Waals surface area contributed by atoms with E-state index < -0.39 is 0 Å². The van der Waals surface area contributed by atoms with Crippen LogP contribution in [0.25, 0.3) is 11.4 Å². The fourth-order valence-electron chi connectivity index (χ4n) is 3.52. The first-order valence-corrected chi connectivity index (χ1v) is 9.34. The molecule has 0 atom stereocenters. The van der Waals surface area contributed by atoms with E-state index in [0.717, 1.165) is 22.6 Å². The molecule has 0 spiro atoms. The zero-order valence-corrected chi connectivity index (χ0v) is 16.3. The fourth-order valence-corrected chi connectivity index (χ4v) is 3.52. The number of nitriles is 1. The Morgan fingerprint density at radius 1 is 1.17 bits per heavy atom. The van der Waals surface area contributed by atoms with Gasteiger partial charge in [-0.15, -0.1) is 0 Å². The van der Waals surface area contributed by atoms with E-state index in [2.05, 4.69) is 11.1 Å². The lowest BCUT2D eigenvalue weighted by molar-refractivity contribution is 0.0731. The van der Waals surface area contributed by atoms with Crippen molar-refractivity contribution in [3.05, 3.63) is 71.2 Å². The van der Waals surface area contributed by atoms with Gasteiger partial charge in [-0.2, -0.15) is 5.26 Å². The summed E-state index contributed by atoms with van der Waals surface area (Å²) in [5, 5.41) is 9.33. The quantitative estimate of drug-likeness (QED) is 0.690. The lowest BCUT2D eigenvalue weighted by Gasteiger charge is -2.31. The van der Waals surface area contributed by atoms with Crippen LogP contribution in [0.1, 0.15) is 27.2 Å². The first kappa shape index (κ1) is 18.6. The summed E-state index contributed by atoms with van der Waals surface area (Å²) in [5.41, 5.74) is 3.53. The summed E-state index contributed by atoms with van der Waals surface area (Å²) in [6.07, 6.45) is 4.11. The molecule has 2 aromatic heterocycles. The van der Waals surface area contributed by atoms with Crippen molar-refractivity contribution in [2.45, 2.75) is 13.0 Å². The summed E-state index contributed by atoms with van der Waals surface area (Å²) in [6, 6.07) is 12.8. The normalized spacial score (nSPS) is 12.8. The number of rotatable bonds is 3. The van der Waals surface area contributed by atoms with Crippen LogP contribution in [-0.4, -0.2) is 46.4 Å². The molecule has 1 aromatic carbocycles. The zero-order chi connectivity index (χ0) is 20.4. The van der Waals surface area contributed by atoms with E-state index in [-0.39, 0.29) is 5.91 Å². The highest BCUT2D eigenvalue weighted by atomic mass is 16.2. The molecule has 0 bridgehead atoms. The van der Waals surface area contributed by atoms with Crippen molar-refractivity contribution in [3.63, 3.8) is 0 Å². The highest BCUT2D eigenvalue weighted by Crippen LogP contribution is 2.29. The molecule has 0 saturated heterocycles. The summed E-state index contributed by atoms with van der Waals surface area (Å²) in [7, 11) is 3.91. The van der Waals surface area contributed by atoms with Crippen LogP contribution in [0.2, 0.25) is 0 Å². The van der Waals surface area contributed by atoms with Gasteiger partial charge in [0, 0.05) is 44.2 Å². The van der Waals surface area contributed by atoms with Crippen molar-refractivity contribution in [2.75, 3.05) is 25.5 Å². The van der Waals surface area contributed by atoms with E-state index in [1.54, 1.807) is 41.6 Å². The smallest absolute Gasteiger partial charge is 0.255 e. The minimum absolute atomic E-state index is 0.152. The third-order valence-corrected chi connectivity index (χ3v) is 4.95. The number of hydrogen-bond acceptors (Lipinski definition) is 6. The summed E-state index contributed by atoms with van der Waals surface area (Å²) in [4.78, 5) is 30.5. The molecule has 0 unspecified atom stereocenters. The number of carbonyl (C=O) groups excluding carboxylic acids is 1. The van der Waals surface area contributed by atoms with E-state index >= 15 is 0 Å². The van der Waals surface area contributed by atoms with Crippen molar-refractivity contribution in [1.82, 2.24) is 19.9 Å². The second kappa shape index (κ2) is 7.68. The van der Waals surface area contributed by atoms with Crippen LogP contribution in [0.5, 0.6) is 0 Å². The van der Waals surface area contributed by atoms with Gasteiger partial charge in [0.25, 0.3) is 5.91 Å². The van der Waals surface area contributed by atoms with Crippen LogP contribution in [0.4, 0.5) is 5.82 Å². The number of pyridine rings is 1. The number of aromatic nitrogens is 3. The predicted molar refractivity (Wildman–Crippen MR) is 109 cm³/mol. The maximum absolute atomic E-state index is 13.1. The highest BCUT2D eigenvalue weighted by molar-refractivity contribution is 5.96. The Balaban J connectivity index is 1.72. The number of nitrogens with zero attached hydrogens (tertiary/aromatic N) is 6. The second-order valence-electron chi connectivity index (χ2n) is 7.07. The van der Waals surface area contributed by atoms with E-state index in [1.165, 1.54) is 0 Å². The third-order valence-electron chi connectivity index (χ3n) is 4.95. The largest absolute Gasteiger partial charge is 0.362 e. The summed E-state index contributed by atoms with van der Waals surface area (Å²) >= 11 is 0. The van der Waals surface area contributed by atoms with Crippen molar-refractivity contribution < 1.29 is 4.79 Å². The Bertz CT molecular complexity index is 1100. The molecule has 7 nitrogen and oxygen atoms in total. The molecule has 4 rings (SSSR count). The molecule has 0 N–H and O–H groups in total. The average molecular weight is 384 g/mol. The molecule has 0 saturated carbocycles. The van der Waals surface area contributed by atoms with E-state index in [1.807, 2.05) is 31.1 Å². The SMILES string of the molecule is CN(C)c1nc(-c2cccnc2)nc2c1CCN(C(=O)c1ccccc1C#N)C2. The maximum Gasteiger partial charge on any atom is 0.255 e. The number of fused-ring (bicyclic) bond motifs is 1. The minimum Gasteiger partial charge on any atom is -0.362 e. The summed E-state index contributed by atoms with van der Waals surface area (Å²) in [5.74, 6) is 1.30. The van der Waals surface area contributed by atoms with Gasteiger partial charge in [-0.3, -0.25) is 9.78 Å². The number of amides is 1. The van der Waals surface area contributed by atoms with Crippen LogP contribution in [0.15, 0.2) is 48.8 Å². The molecular formula is C22H20N6O. The van der Waals surface area contributed by atoms with Crippen LogP contribution < -0.4 is 4.90 Å². The van der Waals surface area contributed by atoms with Crippen LogP contribution in [0.3, 0.4) is 0 Å². The predicted octanol–water partition coefficient (Wildman–Crippen LogP) is 2.67. The summed E-state index contributed by atoms with van der Waals surface area (Å²) in [6.45, 7) is 0.937. The molecule has 7 heteroatoms. The van der Waals surface area contributed by atoms with Gasteiger partial charge >= 0.3 is 0 Å². The fraction of sp³-hybridized carbons (Fsp3) is 0.227. The number of benzene rings is 1. The second-order valence-corrected chi connectivity index (χ2v) is 7.07. The lowest BCUT2D eigenvalue weighted by atomic mass is 10.0. The molecule has 144 valence electrons. The van der Waals surface area contributed by atoms with Crippen molar-refractivity contribution in [2.24, 2.45) is 0 Å². The van der Waals surface area contributed by atoms with Gasteiger partial charge in [-0.25, -0.2) is 9.97 Å². The molecule has 0 radical (unpaired) electrons. The van der Waals surface area contributed by atoms with Gasteiger partial charge in [-0.1, -0.05) is 12.1 Å². The molecule has 1 aliphatic rings.